The average Bonchev–Trinajstić information content (AvgIpc) is 2.67. The number of anilines is 1. The normalized spacial score (nSPS) is 12.5. The Morgan fingerprint density at radius 3 is 2.54 bits per heavy atom. The molecule has 0 aliphatic carbocycles. The SMILES string of the molecule is CN=C/C=C(\N)c1cc(-c2ccccc2)ccc1NCCS(=O)(=O)NC. The van der Waals surface area contributed by atoms with Crippen LogP contribution in [0.1, 0.15) is 5.56 Å². The van der Waals surface area contributed by atoms with Gasteiger partial charge in [0, 0.05) is 36.8 Å². The second-order valence-electron chi connectivity index (χ2n) is 5.61. The Labute approximate surface area is 154 Å². The van der Waals surface area contributed by atoms with Crippen LogP contribution in [0.25, 0.3) is 16.8 Å². The zero-order valence-electron chi connectivity index (χ0n) is 14.9. The van der Waals surface area contributed by atoms with E-state index in [1.54, 1.807) is 19.3 Å². The van der Waals surface area contributed by atoms with E-state index in [1.807, 2.05) is 48.5 Å². The molecule has 0 aliphatic heterocycles. The van der Waals surface area contributed by atoms with E-state index in [9.17, 15) is 8.42 Å². The van der Waals surface area contributed by atoms with Gasteiger partial charge in [0.2, 0.25) is 10.0 Å². The maximum absolute atomic E-state index is 11.6. The number of rotatable bonds is 8. The molecule has 4 N–H and O–H groups in total. The molecule has 26 heavy (non-hydrogen) atoms. The minimum absolute atomic E-state index is 0.0244. The molecule has 138 valence electrons. The smallest absolute Gasteiger partial charge is 0.213 e. The van der Waals surface area contributed by atoms with Crippen molar-refractivity contribution in [1.29, 1.82) is 0 Å². The van der Waals surface area contributed by atoms with Gasteiger partial charge in [0.15, 0.2) is 0 Å². The van der Waals surface area contributed by atoms with Gasteiger partial charge >= 0.3 is 0 Å². The van der Waals surface area contributed by atoms with Crippen molar-refractivity contribution < 1.29 is 8.42 Å². The van der Waals surface area contributed by atoms with E-state index in [0.29, 0.717) is 5.70 Å². The number of allylic oxidation sites excluding steroid dienone is 1. The molecule has 0 unspecified atom stereocenters. The zero-order valence-corrected chi connectivity index (χ0v) is 15.8. The van der Waals surface area contributed by atoms with Gasteiger partial charge in [-0.1, -0.05) is 36.4 Å². The molecule has 0 aliphatic rings. The van der Waals surface area contributed by atoms with Crippen molar-refractivity contribution in [3.63, 3.8) is 0 Å². The molecule has 2 aromatic carbocycles. The fourth-order valence-corrected chi connectivity index (χ4v) is 2.99. The van der Waals surface area contributed by atoms with Crippen LogP contribution < -0.4 is 15.8 Å². The fourth-order valence-electron chi connectivity index (χ4n) is 2.41. The lowest BCUT2D eigenvalue weighted by molar-refractivity contribution is 0.588. The summed E-state index contributed by atoms with van der Waals surface area (Å²) in [6.07, 6.45) is 3.35. The minimum atomic E-state index is -3.27. The van der Waals surface area contributed by atoms with Crippen molar-refractivity contribution in [2.24, 2.45) is 10.7 Å². The second kappa shape index (κ2) is 9.17. The Hall–Kier alpha value is -2.64. The van der Waals surface area contributed by atoms with E-state index >= 15 is 0 Å². The number of nitrogens with one attached hydrogen (secondary N) is 2. The molecule has 2 rings (SSSR count). The van der Waals surface area contributed by atoms with Crippen molar-refractivity contribution in [2.75, 3.05) is 31.7 Å². The van der Waals surface area contributed by atoms with Crippen molar-refractivity contribution in [3.05, 3.63) is 60.2 Å². The Kier molecular flexibility index (Phi) is 6.94. The first-order valence-corrected chi connectivity index (χ1v) is 9.85. The molecule has 0 heterocycles. The van der Waals surface area contributed by atoms with Crippen molar-refractivity contribution >= 4 is 27.6 Å². The van der Waals surface area contributed by atoms with Gasteiger partial charge in [0.25, 0.3) is 0 Å². The zero-order chi connectivity index (χ0) is 19.0. The van der Waals surface area contributed by atoms with E-state index in [0.717, 1.165) is 22.4 Å². The molecule has 0 saturated carbocycles. The Morgan fingerprint density at radius 1 is 1.15 bits per heavy atom. The van der Waals surface area contributed by atoms with Crippen LogP contribution in [0.3, 0.4) is 0 Å². The number of sulfonamides is 1. The lowest BCUT2D eigenvalue weighted by Crippen LogP contribution is -2.26. The maximum atomic E-state index is 11.6. The van der Waals surface area contributed by atoms with Crippen molar-refractivity contribution in [3.8, 4) is 11.1 Å². The maximum Gasteiger partial charge on any atom is 0.213 e. The van der Waals surface area contributed by atoms with E-state index in [1.165, 1.54) is 7.05 Å². The molecule has 6 nitrogen and oxygen atoms in total. The second-order valence-corrected chi connectivity index (χ2v) is 7.65. The Morgan fingerprint density at radius 2 is 1.88 bits per heavy atom. The van der Waals surface area contributed by atoms with Crippen LogP contribution in [0.5, 0.6) is 0 Å². The van der Waals surface area contributed by atoms with E-state index in [2.05, 4.69) is 15.0 Å². The molecular formula is C19H24N4O2S. The third-order valence-electron chi connectivity index (χ3n) is 3.84. The van der Waals surface area contributed by atoms with Crippen LogP contribution in [0, 0.1) is 0 Å². The highest BCUT2D eigenvalue weighted by Gasteiger charge is 2.10. The summed E-state index contributed by atoms with van der Waals surface area (Å²) in [7, 11) is -0.192. The van der Waals surface area contributed by atoms with Gasteiger partial charge in [0.05, 0.1) is 5.75 Å². The molecule has 0 radical (unpaired) electrons. The van der Waals surface area contributed by atoms with Crippen LogP contribution >= 0.6 is 0 Å². The van der Waals surface area contributed by atoms with Gasteiger partial charge in [-0.3, -0.25) is 4.99 Å². The first kappa shape index (κ1) is 19.7. The van der Waals surface area contributed by atoms with E-state index in [-0.39, 0.29) is 12.3 Å². The molecular weight excluding hydrogens is 348 g/mol. The minimum Gasteiger partial charge on any atom is -0.398 e. The molecule has 2 aromatic rings. The van der Waals surface area contributed by atoms with E-state index in [4.69, 9.17) is 5.73 Å². The first-order valence-electron chi connectivity index (χ1n) is 8.19. The number of benzene rings is 2. The standard InChI is InChI=1S/C19H24N4O2S/c1-21-11-10-18(20)17-14-16(15-6-4-3-5-7-15)8-9-19(17)23-12-13-26(24,25)22-2/h3-11,14,22-23H,12-13,20H2,1-2H3/b18-10-,21-11?. The van der Waals surface area contributed by atoms with Crippen molar-refractivity contribution in [1.82, 2.24) is 4.72 Å². The monoisotopic (exact) mass is 372 g/mol. The third-order valence-corrected chi connectivity index (χ3v) is 5.20. The topological polar surface area (TPSA) is 96.6 Å². The third kappa shape index (κ3) is 5.44. The molecule has 0 atom stereocenters. The van der Waals surface area contributed by atoms with Gasteiger partial charge in [0.1, 0.15) is 0 Å². The molecule has 0 saturated heterocycles. The predicted octanol–water partition coefficient (Wildman–Crippen LogP) is 2.31. The molecule has 0 aromatic heterocycles. The Bertz CT molecular complexity index is 891. The van der Waals surface area contributed by atoms with Crippen molar-refractivity contribution in [2.45, 2.75) is 0 Å². The molecule has 0 fully saturated rings. The summed E-state index contributed by atoms with van der Waals surface area (Å²) in [5.74, 6) is -0.0244. The quantitative estimate of drug-likeness (QED) is 0.620. The fraction of sp³-hybridized carbons (Fsp3) is 0.211. The first-order chi connectivity index (χ1) is 12.5. The summed E-state index contributed by atoms with van der Waals surface area (Å²) in [5, 5.41) is 3.16. The summed E-state index contributed by atoms with van der Waals surface area (Å²) >= 11 is 0. The van der Waals surface area contributed by atoms with E-state index < -0.39 is 10.0 Å². The molecule has 0 amide bonds. The highest BCUT2D eigenvalue weighted by molar-refractivity contribution is 7.89. The van der Waals surface area contributed by atoms with Crippen LogP contribution in [0.15, 0.2) is 59.6 Å². The summed E-state index contributed by atoms with van der Waals surface area (Å²) in [6, 6.07) is 15.9. The largest absolute Gasteiger partial charge is 0.398 e. The van der Waals surface area contributed by atoms with Gasteiger partial charge < -0.3 is 11.1 Å². The highest BCUT2D eigenvalue weighted by atomic mass is 32.2. The lowest BCUT2D eigenvalue weighted by atomic mass is 10.00. The summed E-state index contributed by atoms with van der Waals surface area (Å²) in [6.45, 7) is 0.274. The van der Waals surface area contributed by atoms with Crippen LogP contribution in [0.2, 0.25) is 0 Å². The van der Waals surface area contributed by atoms with Gasteiger partial charge in [-0.2, -0.15) is 0 Å². The number of aliphatic imine (C=N–C) groups is 1. The van der Waals surface area contributed by atoms with Gasteiger partial charge in [-0.25, -0.2) is 13.1 Å². The van der Waals surface area contributed by atoms with Crippen LogP contribution in [-0.4, -0.2) is 41.0 Å². The molecule has 0 spiro atoms. The van der Waals surface area contributed by atoms with Crippen LogP contribution in [0.4, 0.5) is 5.69 Å². The van der Waals surface area contributed by atoms with Gasteiger partial charge in [-0.05, 0) is 36.4 Å². The van der Waals surface area contributed by atoms with Gasteiger partial charge in [-0.15, -0.1) is 0 Å². The number of nitrogens with zero attached hydrogens (tertiary/aromatic N) is 1. The number of hydrogen-bond donors (Lipinski definition) is 3. The highest BCUT2D eigenvalue weighted by Crippen LogP contribution is 2.28. The Balaban J connectivity index is 2.34. The number of nitrogens with two attached hydrogens (primary N) is 1. The summed E-state index contributed by atoms with van der Waals surface area (Å²) in [4.78, 5) is 3.93. The van der Waals surface area contributed by atoms with Crippen LogP contribution in [-0.2, 0) is 10.0 Å². The summed E-state index contributed by atoms with van der Waals surface area (Å²) < 4.78 is 25.5. The average molecular weight is 372 g/mol. The molecule has 0 bridgehead atoms. The predicted molar refractivity (Wildman–Crippen MR) is 110 cm³/mol. The molecule has 7 heteroatoms. The number of hydrogen-bond acceptors (Lipinski definition) is 5. The summed E-state index contributed by atoms with van der Waals surface area (Å²) in [5.41, 5.74) is 10.4. The lowest BCUT2D eigenvalue weighted by Gasteiger charge is -2.14.